The zero-order chi connectivity index (χ0) is 22.9. The van der Waals surface area contributed by atoms with E-state index in [4.69, 9.17) is 0 Å². The molecule has 0 aliphatic carbocycles. The Labute approximate surface area is 188 Å². The van der Waals surface area contributed by atoms with E-state index in [0.29, 0.717) is 20.0 Å². The van der Waals surface area contributed by atoms with Gasteiger partial charge in [0.2, 0.25) is 17.7 Å². The van der Waals surface area contributed by atoms with E-state index in [2.05, 4.69) is 24.9 Å². The van der Waals surface area contributed by atoms with Crippen LogP contribution < -0.4 is 10.6 Å². The van der Waals surface area contributed by atoms with Crippen LogP contribution in [0.2, 0.25) is 0 Å². The number of aromatic nitrogens is 5. The smallest absolute Gasteiger partial charge is 0.343 e. The van der Waals surface area contributed by atoms with Gasteiger partial charge in [0.05, 0.1) is 0 Å². The van der Waals surface area contributed by atoms with Crippen LogP contribution in [-0.2, 0) is 6.18 Å². The molecule has 7 nitrogen and oxygen atoms in total. The zero-order valence-corrected chi connectivity index (χ0v) is 17.9. The lowest BCUT2D eigenvalue weighted by Crippen LogP contribution is -2.35. The fourth-order valence-electron chi connectivity index (χ4n) is 1.79. The molecule has 0 aromatic carbocycles. The Balaban J connectivity index is 0.00000480. The molecule has 0 fully saturated rings. The van der Waals surface area contributed by atoms with Gasteiger partial charge >= 0.3 is 18.5 Å². The van der Waals surface area contributed by atoms with Gasteiger partial charge in [0.1, 0.15) is 17.8 Å². The van der Waals surface area contributed by atoms with Crippen molar-refractivity contribution in [3.8, 4) is 11.5 Å². The van der Waals surface area contributed by atoms with Crippen LogP contribution in [0.25, 0.3) is 11.5 Å². The molecule has 0 saturated carbocycles. The first-order valence-corrected chi connectivity index (χ1v) is 7.90. The highest BCUT2D eigenvalue weighted by Crippen LogP contribution is 2.28. The maximum atomic E-state index is 12.8. The van der Waals surface area contributed by atoms with Gasteiger partial charge in [-0.3, -0.25) is 0 Å². The molecule has 0 spiro atoms. The molecule has 0 aliphatic heterocycles. The van der Waals surface area contributed by atoms with Crippen LogP contribution in [-0.4, -0.2) is 49.4 Å². The lowest BCUT2D eigenvalue weighted by molar-refractivity contribution is -0.145. The first-order chi connectivity index (χ1) is 13.6. The first-order valence-electron chi connectivity index (χ1n) is 7.90. The quantitative estimate of drug-likeness (QED) is 0.572. The van der Waals surface area contributed by atoms with Crippen molar-refractivity contribution >= 4 is 38.9 Å². The molecule has 2 aromatic heterocycles. The summed E-state index contributed by atoms with van der Waals surface area (Å²) in [6.07, 6.45) is -13.8. The van der Waals surface area contributed by atoms with E-state index in [1.165, 1.54) is 0 Å². The summed E-state index contributed by atoms with van der Waals surface area (Å²) in [6.45, 7) is 1.36. The molecule has 2 N–H and O–H groups in total. The van der Waals surface area contributed by atoms with Gasteiger partial charge in [0.15, 0.2) is 5.82 Å². The molecule has 0 aliphatic rings. The second-order valence-electron chi connectivity index (χ2n) is 5.88. The van der Waals surface area contributed by atoms with E-state index in [9.17, 15) is 39.5 Å². The second-order valence-corrected chi connectivity index (χ2v) is 5.88. The number of nitrogens with zero attached hydrogens (tertiary/aromatic N) is 5. The Morgan fingerprint density at radius 1 is 0.719 bits per heavy atom. The van der Waals surface area contributed by atoms with Crippen molar-refractivity contribution in [1.82, 2.24) is 24.9 Å². The van der Waals surface area contributed by atoms with Crippen LogP contribution in [0, 0.1) is 0 Å². The number of hydrogen-bond acceptors (Lipinski definition) is 7. The summed E-state index contributed by atoms with van der Waals surface area (Å²) in [5, 5.41) is 3.63. The molecule has 18 heteroatoms. The predicted molar refractivity (Wildman–Crippen MR) is 105 cm³/mol. The van der Waals surface area contributed by atoms with E-state index < -0.39 is 59.9 Å². The number of nitrogens with one attached hydrogen (secondary N) is 2. The third kappa shape index (κ3) is 8.03. The number of hydrogen-bond donors (Lipinski definition) is 2. The van der Waals surface area contributed by atoms with Gasteiger partial charge in [-0.05, 0) is 19.9 Å². The number of rotatable bonds is 5. The standard InChI is InChI=1S/C14H12F9N7.2H2S/c1-5(12(15,16)17)25-10-28-8(7-3-4-24-9(27-7)14(21,22)23)29-11(30-10)26-6(2)13(18,19)20;;/h3-6H,1-2H3,(H2,25,26,28,29,30);2*1H2/t5-,6-;;/m0../s1. The average Bonchev–Trinajstić information content (AvgIpc) is 2.59. The minimum Gasteiger partial charge on any atom is -0.343 e. The Kier molecular flexibility index (Phi) is 9.84. The van der Waals surface area contributed by atoms with Crippen molar-refractivity contribution in [3.05, 3.63) is 18.1 Å². The number of halogens is 9. The fraction of sp³-hybridized carbons (Fsp3) is 0.500. The van der Waals surface area contributed by atoms with Crippen LogP contribution in [0.1, 0.15) is 19.7 Å². The van der Waals surface area contributed by atoms with Gasteiger partial charge in [-0.25, -0.2) is 9.97 Å². The monoisotopic (exact) mass is 517 g/mol. The molecular weight excluding hydrogens is 501 g/mol. The average molecular weight is 517 g/mol. The summed E-state index contributed by atoms with van der Waals surface area (Å²) in [7, 11) is 0. The zero-order valence-electron chi connectivity index (χ0n) is 15.9. The van der Waals surface area contributed by atoms with Crippen LogP contribution in [0.4, 0.5) is 51.4 Å². The molecule has 2 aromatic rings. The number of alkyl halides is 9. The molecule has 32 heavy (non-hydrogen) atoms. The molecular formula is C14H16F9N7S2. The Hall–Kier alpha value is -2.24. The van der Waals surface area contributed by atoms with E-state index in [-0.39, 0.29) is 27.0 Å². The molecule has 0 radical (unpaired) electrons. The number of anilines is 2. The second kappa shape index (κ2) is 10.6. The Morgan fingerprint density at radius 2 is 1.16 bits per heavy atom. The SMILES string of the molecule is C[C@H](Nc1nc(N[C@@H](C)C(F)(F)F)nc(-c2ccnc(C(F)(F)F)n2)n1)C(F)(F)F.S.S. The Bertz CT molecular complexity index is 850. The van der Waals surface area contributed by atoms with E-state index >= 15 is 0 Å². The van der Waals surface area contributed by atoms with E-state index in [1.807, 2.05) is 10.6 Å². The van der Waals surface area contributed by atoms with Crippen LogP contribution in [0.3, 0.4) is 0 Å². The largest absolute Gasteiger partial charge is 0.451 e. The van der Waals surface area contributed by atoms with Crippen molar-refractivity contribution < 1.29 is 39.5 Å². The summed E-state index contributed by atoms with van der Waals surface area (Å²) < 4.78 is 115. The van der Waals surface area contributed by atoms with Crippen LogP contribution >= 0.6 is 27.0 Å². The molecule has 0 unspecified atom stereocenters. The molecule has 0 bridgehead atoms. The third-order valence-electron chi connectivity index (χ3n) is 3.45. The third-order valence-corrected chi connectivity index (χ3v) is 3.45. The first kappa shape index (κ1) is 29.8. The van der Waals surface area contributed by atoms with Gasteiger partial charge in [0, 0.05) is 6.20 Å². The highest BCUT2D eigenvalue weighted by atomic mass is 32.1. The topological polar surface area (TPSA) is 88.5 Å². The maximum absolute atomic E-state index is 12.8. The summed E-state index contributed by atoms with van der Waals surface area (Å²) in [4.78, 5) is 16.7. The molecule has 0 saturated heterocycles. The molecule has 0 amide bonds. The molecule has 182 valence electrons. The lowest BCUT2D eigenvalue weighted by Gasteiger charge is -2.20. The lowest BCUT2D eigenvalue weighted by atomic mass is 10.3. The minimum absolute atomic E-state index is 0. The summed E-state index contributed by atoms with van der Waals surface area (Å²) in [5.41, 5.74) is -0.592. The summed E-state index contributed by atoms with van der Waals surface area (Å²) in [5.74, 6) is -3.95. The highest BCUT2D eigenvalue weighted by molar-refractivity contribution is 7.59. The van der Waals surface area contributed by atoms with Crippen molar-refractivity contribution in [2.24, 2.45) is 0 Å². The highest BCUT2D eigenvalue weighted by Gasteiger charge is 2.38. The van der Waals surface area contributed by atoms with Crippen molar-refractivity contribution in [2.45, 2.75) is 44.5 Å². The Morgan fingerprint density at radius 3 is 1.53 bits per heavy atom. The van der Waals surface area contributed by atoms with Gasteiger partial charge in [-0.1, -0.05) is 0 Å². The van der Waals surface area contributed by atoms with E-state index in [0.717, 1.165) is 6.07 Å². The van der Waals surface area contributed by atoms with Crippen LogP contribution in [0.15, 0.2) is 12.3 Å². The van der Waals surface area contributed by atoms with Gasteiger partial charge in [0.25, 0.3) is 0 Å². The molecule has 2 rings (SSSR count). The van der Waals surface area contributed by atoms with Crippen molar-refractivity contribution in [3.63, 3.8) is 0 Å². The van der Waals surface area contributed by atoms with Crippen LogP contribution in [0.5, 0.6) is 0 Å². The molecule has 2 atom stereocenters. The van der Waals surface area contributed by atoms with Crippen molar-refractivity contribution in [2.75, 3.05) is 10.6 Å². The van der Waals surface area contributed by atoms with Gasteiger partial charge in [-0.2, -0.15) is 81.5 Å². The summed E-state index contributed by atoms with van der Waals surface area (Å²) in [6, 6.07) is -3.55. The van der Waals surface area contributed by atoms with E-state index in [1.54, 1.807) is 0 Å². The molecule has 2 heterocycles. The normalized spacial score (nSPS) is 14.0. The summed E-state index contributed by atoms with van der Waals surface area (Å²) >= 11 is 0. The predicted octanol–water partition coefficient (Wildman–Crippen LogP) is 4.30. The van der Waals surface area contributed by atoms with Crippen molar-refractivity contribution in [1.29, 1.82) is 0 Å². The maximum Gasteiger partial charge on any atom is 0.451 e. The van der Waals surface area contributed by atoms with Gasteiger partial charge < -0.3 is 10.6 Å². The minimum atomic E-state index is -4.96. The fourth-order valence-corrected chi connectivity index (χ4v) is 1.79. The van der Waals surface area contributed by atoms with Gasteiger partial charge in [-0.15, -0.1) is 0 Å².